The highest BCUT2D eigenvalue weighted by molar-refractivity contribution is 6.09. The highest BCUT2D eigenvalue weighted by Crippen LogP contribution is 2.43. The fourth-order valence-corrected chi connectivity index (χ4v) is 3.24. The topological polar surface area (TPSA) is 111 Å². The lowest BCUT2D eigenvalue weighted by atomic mass is 9.91. The Kier molecular flexibility index (Phi) is 4.94. The smallest absolute Gasteiger partial charge is 0.290 e. The van der Waals surface area contributed by atoms with Crippen molar-refractivity contribution in [1.82, 2.24) is 4.90 Å². The van der Waals surface area contributed by atoms with Crippen LogP contribution in [0.25, 0.3) is 0 Å². The van der Waals surface area contributed by atoms with Gasteiger partial charge in [0.25, 0.3) is 5.91 Å². The van der Waals surface area contributed by atoms with E-state index < -0.39 is 17.7 Å². The second-order valence-electron chi connectivity index (χ2n) is 6.94. The number of hydrogen-bond donors (Lipinski definition) is 3. The van der Waals surface area contributed by atoms with Crippen molar-refractivity contribution in [3.8, 4) is 11.5 Å². The molecule has 27 heavy (non-hydrogen) atoms. The molecule has 3 N–H and O–H groups in total. The second-order valence-corrected chi connectivity index (χ2v) is 6.94. The third-order valence-corrected chi connectivity index (χ3v) is 4.41. The van der Waals surface area contributed by atoms with Crippen LogP contribution in [0.15, 0.2) is 52.3 Å². The molecule has 2 heterocycles. The molecule has 0 aliphatic carbocycles. The number of phenolic OH excluding ortho intramolecular Hbond substituents is 2. The van der Waals surface area contributed by atoms with Gasteiger partial charge >= 0.3 is 0 Å². The number of benzene rings is 1. The Hall–Kier alpha value is -3.22. The minimum Gasteiger partial charge on any atom is -0.508 e. The summed E-state index contributed by atoms with van der Waals surface area (Å²) < 4.78 is 5.29. The molecule has 1 unspecified atom stereocenters. The Balaban J connectivity index is 2.09. The van der Waals surface area contributed by atoms with Gasteiger partial charge in [0.2, 0.25) is 0 Å². The van der Waals surface area contributed by atoms with Crippen molar-refractivity contribution in [3.63, 3.8) is 0 Å². The van der Waals surface area contributed by atoms with E-state index in [0.29, 0.717) is 5.76 Å². The van der Waals surface area contributed by atoms with Crippen LogP contribution < -0.4 is 0 Å². The summed E-state index contributed by atoms with van der Waals surface area (Å²) in [6.07, 6.45) is 1.61. The highest BCUT2D eigenvalue weighted by Gasteiger charge is 2.44. The van der Waals surface area contributed by atoms with Gasteiger partial charge in [0.05, 0.1) is 24.4 Å². The van der Waals surface area contributed by atoms with Crippen LogP contribution in [0, 0.1) is 5.92 Å². The average molecular weight is 371 g/mol. The van der Waals surface area contributed by atoms with Gasteiger partial charge in [-0.1, -0.05) is 13.8 Å². The lowest BCUT2D eigenvalue weighted by Gasteiger charge is -2.26. The summed E-state index contributed by atoms with van der Waals surface area (Å²) >= 11 is 0. The molecule has 1 atom stereocenters. The van der Waals surface area contributed by atoms with Crippen molar-refractivity contribution in [2.75, 3.05) is 0 Å². The lowest BCUT2D eigenvalue weighted by molar-refractivity contribution is -0.130. The number of amides is 1. The minimum atomic E-state index is -0.977. The average Bonchev–Trinajstić information content (AvgIpc) is 3.17. The Morgan fingerprint density at radius 2 is 1.96 bits per heavy atom. The molecular weight excluding hydrogens is 350 g/mol. The van der Waals surface area contributed by atoms with E-state index in [1.807, 2.05) is 13.8 Å². The summed E-state index contributed by atoms with van der Waals surface area (Å²) in [5.41, 5.74) is 0.185. The van der Waals surface area contributed by atoms with Crippen LogP contribution in [0.1, 0.15) is 37.6 Å². The molecule has 1 aliphatic rings. The van der Waals surface area contributed by atoms with Gasteiger partial charge in [0, 0.05) is 18.1 Å². The van der Waals surface area contributed by atoms with E-state index in [0.717, 1.165) is 6.07 Å². The highest BCUT2D eigenvalue weighted by atomic mass is 16.3. The van der Waals surface area contributed by atoms with Gasteiger partial charge in [-0.15, -0.1) is 0 Å². The lowest BCUT2D eigenvalue weighted by Crippen LogP contribution is -2.30. The molecule has 7 heteroatoms. The van der Waals surface area contributed by atoms with Crippen molar-refractivity contribution in [3.05, 3.63) is 59.3 Å². The molecule has 142 valence electrons. The molecule has 7 nitrogen and oxygen atoms in total. The van der Waals surface area contributed by atoms with Gasteiger partial charge in [-0.3, -0.25) is 9.59 Å². The molecule has 3 rings (SSSR count). The fourth-order valence-electron chi connectivity index (χ4n) is 3.24. The van der Waals surface area contributed by atoms with Crippen LogP contribution in [0.2, 0.25) is 0 Å². The van der Waals surface area contributed by atoms with Crippen molar-refractivity contribution < 1.29 is 29.3 Å². The number of carbonyl (C=O) groups is 2. The van der Waals surface area contributed by atoms with Crippen LogP contribution >= 0.6 is 0 Å². The number of carbonyl (C=O) groups excluding carboxylic acids is 2. The fraction of sp³-hybridized carbons (Fsp3) is 0.300. The molecule has 1 aliphatic heterocycles. The van der Waals surface area contributed by atoms with Crippen LogP contribution in [0.5, 0.6) is 11.5 Å². The van der Waals surface area contributed by atoms with E-state index >= 15 is 0 Å². The van der Waals surface area contributed by atoms with E-state index in [1.165, 1.54) is 23.3 Å². The molecule has 0 saturated heterocycles. The number of aliphatic hydroxyl groups is 1. The van der Waals surface area contributed by atoms with E-state index in [1.54, 1.807) is 12.1 Å². The third-order valence-electron chi connectivity index (χ3n) is 4.41. The number of phenols is 2. The van der Waals surface area contributed by atoms with Crippen molar-refractivity contribution >= 4 is 11.7 Å². The number of aromatic hydroxyl groups is 2. The summed E-state index contributed by atoms with van der Waals surface area (Å²) in [6.45, 7) is 3.74. The summed E-state index contributed by atoms with van der Waals surface area (Å²) in [4.78, 5) is 26.7. The predicted molar refractivity (Wildman–Crippen MR) is 95.9 cm³/mol. The van der Waals surface area contributed by atoms with Crippen molar-refractivity contribution in [1.29, 1.82) is 0 Å². The van der Waals surface area contributed by atoms with Crippen LogP contribution in [-0.2, 0) is 16.1 Å². The first-order chi connectivity index (χ1) is 12.8. The number of rotatable bonds is 6. The summed E-state index contributed by atoms with van der Waals surface area (Å²) in [6, 6.07) is 6.27. The maximum absolute atomic E-state index is 12.8. The maximum Gasteiger partial charge on any atom is 0.290 e. The summed E-state index contributed by atoms with van der Waals surface area (Å²) in [5.74, 6) is -1.63. The van der Waals surface area contributed by atoms with Crippen LogP contribution in [0.3, 0.4) is 0 Å². The summed E-state index contributed by atoms with van der Waals surface area (Å²) in [5, 5.41) is 30.3. The third kappa shape index (κ3) is 3.53. The molecule has 0 saturated carbocycles. The van der Waals surface area contributed by atoms with Gasteiger partial charge < -0.3 is 24.6 Å². The number of hydrogen-bond acceptors (Lipinski definition) is 6. The van der Waals surface area contributed by atoms with Gasteiger partial charge in [-0.2, -0.15) is 0 Å². The molecule has 2 aromatic rings. The standard InChI is InChI=1S/C20H21NO6/c1-11(2)8-16(24)17-18(14-6-5-12(22)9-15(14)23)21(20(26)19(17)25)10-13-4-3-7-27-13/h3-7,9,11,18,22-23,25H,8,10H2,1-2H3. The van der Waals surface area contributed by atoms with Crippen LogP contribution in [0.4, 0.5) is 0 Å². The normalized spacial score (nSPS) is 17.2. The molecule has 0 radical (unpaired) electrons. The first-order valence-electron chi connectivity index (χ1n) is 8.61. The van der Waals surface area contributed by atoms with Gasteiger partial charge in [-0.05, 0) is 30.2 Å². The van der Waals surface area contributed by atoms with Crippen LogP contribution in [-0.4, -0.2) is 31.9 Å². The van der Waals surface area contributed by atoms with Gasteiger partial charge in [0.15, 0.2) is 11.5 Å². The number of ketones is 1. The zero-order valence-corrected chi connectivity index (χ0v) is 15.0. The largest absolute Gasteiger partial charge is 0.508 e. The second kappa shape index (κ2) is 7.19. The number of Topliss-reactive ketones (excluding diaryl/α,β-unsaturated/α-hetero) is 1. The van der Waals surface area contributed by atoms with E-state index in [4.69, 9.17) is 4.42 Å². The van der Waals surface area contributed by atoms with E-state index in [9.17, 15) is 24.9 Å². The maximum atomic E-state index is 12.8. The Bertz CT molecular complexity index is 897. The zero-order valence-electron chi connectivity index (χ0n) is 15.0. The Morgan fingerprint density at radius 3 is 2.56 bits per heavy atom. The molecule has 0 fully saturated rings. The molecule has 1 amide bonds. The van der Waals surface area contributed by atoms with Gasteiger partial charge in [0.1, 0.15) is 17.3 Å². The quantitative estimate of drug-likeness (QED) is 0.719. The molecular formula is C20H21NO6. The van der Waals surface area contributed by atoms with E-state index in [2.05, 4.69) is 0 Å². The number of furan rings is 1. The Morgan fingerprint density at radius 1 is 1.22 bits per heavy atom. The molecule has 0 bridgehead atoms. The van der Waals surface area contributed by atoms with Crippen molar-refractivity contribution in [2.45, 2.75) is 32.9 Å². The molecule has 1 aromatic carbocycles. The number of aliphatic hydroxyl groups excluding tert-OH is 1. The summed E-state index contributed by atoms with van der Waals surface area (Å²) in [7, 11) is 0. The zero-order chi connectivity index (χ0) is 19.7. The molecule has 0 spiro atoms. The Labute approximate surface area is 156 Å². The minimum absolute atomic E-state index is 0.0132. The first-order valence-corrected chi connectivity index (χ1v) is 8.61. The number of nitrogens with zero attached hydrogens (tertiary/aromatic N) is 1. The molecule has 1 aromatic heterocycles. The predicted octanol–water partition coefficient (Wildman–Crippen LogP) is 3.20. The first kappa shape index (κ1) is 18.6. The van der Waals surface area contributed by atoms with Gasteiger partial charge in [-0.25, -0.2) is 0 Å². The SMILES string of the molecule is CC(C)CC(=O)C1=C(O)C(=O)N(Cc2ccco2)C1c1ccc(O)cc1O. The van der Waals surface area contributed by atoms with Crippen molar-refractivity contribution in [2.24, 2.45) is 5.92 Å². The van der Waals surface area contributed by atoms with E-state index in [-0.39, 0.29) is 47.3 Å². The monoisotopic (exact) mass is 371 g/mol.